The molecule has 2 heteroatoms. The highest BCUT2D eigenvalue weighted by Gasteiger charge is 2.27. The maximum absolute atomic E-state index is 5.65. The van der Waals surface area contributed by atoms with Crippen LogP contribution in [0.5, 0.6) is 5.75 Å². The van der Waals surface area contributed by atoms with Crippen molar-refractivity contribution in [1.82, 2.24) is 0 Å². The van der Waals surface area contributed by atoms with Gasteiger partial charge in [-0.1, -0.05) is 19.9 Å². The summed E-state index contributed by atoms with van der Waals surface area (Å²) in [6, 6.07) is 6.74. The molecule has 2 nitrogen and oxygen atoms in total. The molecule has 1 aliphatic rings. The van der Waals surface area contributed by atoms with Gasteiger partial charge in [-0.15, -0.1) is 0 Å². The van der Waals surface area contributed by atoms with E-state index in [-0.39, 0.29) is 0 Å². The van der Waals surface area contributed by atoms with Crippen LogP contribution in [0.1, 0.15) is 39.2 Å². The third kappa shape index (κ3) is 1.69. The van der Waals surface area contributed by atoms with E-state index in [1.807, 2.05) is 6.07 Å². The van der Waals surface area contributed by atoms with Crippen LogP contribution >= 0.6 is 0 Å². The lowest BCUT2D eigenvalue weighted by Crippen LogP contribution is -2.27. The second kappa shape index (κ2) is 3.85. The Bertz CT molecular complexity index is 421. The van der Waals surface area contributed by atoms with Gasteiger partial charge in [0.15, 0.2) is 11.6 Å². The monoisotopic (exact) mass is 217 g/mol. The minimum Gasteiger partial charge on any atom is -0.439 e. The highest BCUT2D eigenvalue weighted by molar-refractivity contribution is 5.67. The molecule has 0 saturated heterocycles. The molecule has 0 aliphatic carbocycles. The van der Waals surface area contributed by atoms with Gasteiger partial charge in [0.2, 0.25) is 0 Å². The van der Waals surface area contributed by atoms with Gasteiger partial charge < -0.3 is 9.64 Å². The normalized spacial score (nSPS) is 14.6. The summed E-state index contributed by atoms with van der Waals surface area (Å²) in [5.74, 6) is 2.18. The number of ether oxygens (including phenoxy) is 1. The highest BCUT2D eigenvalue weighted by Crippen LogP contribution is 2.41. The van der Waals surface area contributed by atoms with E-state index in [1.54, 1.807) is 0 Å². The van der Waals surface area contributed by atoms with Crippen LogP contribution < -0.4 is 9.64 Å². The van der Waals surface area contributed by atoms with Crippen LogP contribution in [-0.4, -0.2) is 6.04 Å². The second-order valence-electron chi connectivity index (χ2n) is 4.84. The third-order valence-corrected chi connectivity index (χ3v) is 2.92. The maximum atomic E-state index is 5.65. The number of hydrogen-bond acceptors (Lipinski definition) is 2. The maximum Gasteiger partial charge on any atom is 0.193 e. The smallest absolute Gasteiger partial charge is 0.193 e. The number of nitrogens with zero attached hydrogens (tertiary/aromatic N) is 1. The van der Waals surface area contributed by atoms with Crippen LogP contribution in [0.2, 0.25) is 0 Å². The van der Waals surface area contributed by atoms with Crippen LogP contribution in [-0.2, 0) is 0 Å². The summed E-state index contributed by atoms with van der Waals surface area (Å²) in [4.78, 5) is 2.14. The number of benzene rings is 1. The molecule has 0 saturated carbocycles. The molecule has 0 aromatic heterocycles. The molecule has 0 bridgehead atoms. The summed E-state index contributed by atoms with van der Waals surface area (Å²) in [5.41, 5.74) is 2.48. The first kappa shape index (κ1) is 11.1. The van der Waals surface area contributed by atoms with E-state index in [9.17, 15) is 0 Å². The average molecular weight is 217 g/mol. The van der Waals surface area contributed by atoms with Crippen molar-refractivity contribution in [3.8, 4) is 5.75 Å². The zero-order chi connectivity index (χ0) is 11.9. The molecule has 86 valence electrons. The molecular formula is C14H19NO. The van der Waals surface area contributed by atoms with E-state index in [4.69, 9.17) is 4.74 Å². The van der Waals surface area contributed by atoms with E-state index in [1.165, 1.54) is 5.56 Å². The summed E-state index contributed by atoms with van der Waals surface area (Å²) in [7, 11) is 0. The fraction of sp³-hybridized carbons (Fsp3) is 0.429. The Kier molecular flexibility index (Phi) is 2.66. The molecule has 1 heterocycles. The quantitative estimate of drug-likeness (QED) is 0.745. The van der Waals surface area contributed by atoms with Crippen molar-refractivity contribution in [2.75, 3.05) is 4.90 Å². The predicted octanol–water partition coefficient (Wildman–Crippen LogP) is 3.89. The van der Waals surface area contributed by atoms with E-state index >= 15 is 0 Å². The van der Waals surface area contributed by atoms with Crippen LogP contribution in [0.15, 0.2) is 30.7 Å². The lowest BCUT2D eigenvalue weighted by molar-refractivity contribution is 0.434. The van der Waals surface area contributed by atoms with Crippen LogP contribution in [0.3, 0.4) is 0 Å². The molecule has 1 aliphatic heterocycles. The summed E-state index contributed by atoms with van der Waals surface area (Å²) >= 11 is 0. The molecule has 0 amide bonds. The minimum absolute atomic E-state index is 0.371. The standard InChI is InChI=1S/C14H19NO/c1-9(2)12-6-7-14-13(8-12)15(10(3)4)11(5)16-14/h6-10H,5H2,1-4H3. The fourth-order valence-electron chi connectivity index (χ4n) is 2.04. The van der Waals surface area contributed by atoms with Crippen molar-refractivity contribution in [1.29, 1.82) is 0 Å². The SMILES string of the molecule is C=C1Oc2ccc(C(C)C)cc2N1C(C)C. The van der Waals surface area contributed by atoms with Gasteiger partial charge in [-0.2, -0.15) is 0 Å². The Balaban J connectivity index is 2.46. The van der Waals surface area contributed by atoms with E-state index in [2.05, 4.69) is 51.3 Å². The van der Waals surface area contributed by atoms with Gasteiger partial charge in [-0.05, 0) is 44.0 Å². The first-order chi connectivity index (χ1) is 7.50. The Morgan fingerprint density at radius 2 is 1.88 bits per heavy atom. The molecule has 1 aromatic carbocycles. The topological polar surface area (TPSA) is 12.5 Å². The first-order valence-electron chi connectivity index (χ1n) is 5.80. The van der Waals surface area contributed by atoms with Crippen molar-refractivity contribution in [3.63, 3.8) is 0 Å². The van der Waals surface area contributed by atoms with Crippen molar-refractivity contribution in [2.45, 2.75) is 39.7 Å². The lowest BCUT2D eigenvalue weighted by atomic mass is 10.0. The van der Waals surface area contributed by atoms with Gasteiger partial charge in [0.1, 0.15) is 0 Å². The van der Waals surface area contributed by atoms with Gasteiger partial charge >= 0.3 is 0 Å². The predicted molar refractivity (Wildman–Crippen MR) is 67.9 cm³/mol. The van der Waals surface area contributed by atoms with Crippen LogP contribution in [0.25, 0.3) is 0 Å². The molecule has 1 aromatic rings. The van der Waals surface area contributed by atoms with Crippen molar-refractivity contribution in [3.05, 3.63) is 36.2 Å². The summed E-state index contributed by atoms with van der Waals surface area (Å²) in [6.45, 7) is 12.6. The summed E-state index contributed by atoms with van der Waals surface area (Å²) < 4.78 is 5.65. The Morgan fingerprint density at radius 3 is 2.44 bits per heavy atom. The highest BCUT2D eigenvalue weighted by atomic mass is 16.5. The minimum atomic E-state index is 0.371. The number of rotatable bonds is 2. The molecule has 0 unspecified atom stereocenters. The Morgan fingerprint density at radius 1 is 1.19 bits per heavy atom. The molecule has 0 atom stereocenters. The molecule has 16 heavy (non-hydrogen) atoms. The van der Waals surface area contributed by atoms with Gasteiger partial charge in [0, 0.05) is 6.04 Å². The van der Waals surface area contributed by atoms with Gasteiger partial charge in [0.05, 0.1) is 5.69 Å². The van der Waals surface area contributed by atoms with Crippen molar-refractivity contribution < 1.29 is 4.74 Å². The molecule has 0 fully saturated rings. The van der Waals surface area contributed by atoms with E-state index < -0.39 is 0 Å². The van der Waals surface area contributed by atoms with Crippen LogP contribution in [0.4, 0.5) is 5.69 Å². The molecule has 0 N–H and O–H groups in total. The third-order valence-electron chi connectivity index (χ3n) is 2.92. The largest absolute Gasteiger partial charge is 0.439 e. The fourth-order valence-corrected chi connectivity index (χ4v) is 2.04. The zero-order valence-corrected chi connectivity index (χ0v) is 10.4. The van der Waals surface area contributed by atoms with Gasteiger partial charge in [-0.25, -0.2) is 0 Å². The first-order valence-corrected chi connectivity index (χ1v) is 5.80. The zero-order valence-electron chi connectivity index (χ0n) is 10.4. The van der Waals surface area contributed by atoms with E-state index in [0.717, 1.165) is 17.3 Å². The average Bonchev–Trinajstić information content (AvgIpc) is 2.51. The van der Waals surface area contributed by atoms with Crippen LogP contribution in [0, 0.1) is 0 Å². The number of fused-ring (bicyclic) bond motifs is 1. The summed E-state index contributed by atoms with van der Waals surface area (Å²) in [5, 5.41) is 0. The Hall–Kier alpha value is -1.44. The van der Waals surface area contributed by atoms with E-state index in [0.29, 0.717) is 12.0 Å². The van der Waals surface area contributed by atoms with Gasteiger partial charge in [-0.3, -0.25) is 0 Å². The number of hydrogen-bond donors (Lipinski definition) is 0. The summed E-state index contributed by atoms with van der Waals surface area (Å²) in [6.07, 6.45) is 0. The molecule has 2 rings (SSSR count). The molecule has 0 spiro atoms. The van der Waals surface area contributed by atoms with Crippen molar-refractivity contribution >= 4 is 5.69 Å². The molecule has 0 radical (unpaired) electrons. The van der Waals surface area contributed by atoms with Gasteiger partial charge in [0.25, 0.3) is 0 Å². The lowest BCUT2D eigenvalue weighted by Gasteiger charge is -2.22. The Labute approximate surface area is 97.5 Å². The molecular weight excluding hydrogens is 198 g/mol. The van der Waals surface area contributed by atoms with Crippen molar-refractivity contribution in [2.24, 2.45) is 0 Å². The number of anilines is 1. The second-order valence-corrected chi connectivity index (χ2v) is 4.84.